The highest BCUT2D eigenvalue weighted by Crippen LogP contribution is 2.42. The standard InChI is InChI=1S/C25H21ClN2O5/c1-32-18-10-11-20(33-2)19(13-18)23(29)21-22(15-6-8-16(26)9-7-15)28(25(31)24(21)30)14-17-5-3-4-12-27-17/h3-13,22,29H,14H2,1-2H3/b23-21+. The molecule has 0 radical (unpaired) electrons. The Morgan fingerprint density at radius 2 is 1.82 bits per heavy atom. The van der Waals surface area contributed by atoms with Crippen molar-refractivity contribution in [1.82, 2.24) is 9.88 Å². The molecule has 0 saturated carbocycles. The van der Waals surface area contributed by atoms with Crippen LogP contribution in [-0.4, -0.2) is 40.9 Å². The van der Waals surface area contributed by atoms with Gasteiger partial charge in [-0.1, -0.05) is 29.8 Å². The summed E-state index contributed by atoms with van der Waals surface area (Å²) in [4.78, 5) is 32.0. The van der Waals surface area contributed by atoms with Crippen molar-refractivity contribution < 1.29 is 24.2 Å². The average molecular weight is 465 g/mol. The highest BCUT2D eigenvalue weighted by molar-refractivity contribution is 6.46. The number of nitrogens with zero attached hydrogens (tertiary/aromatic N) is 2. The number of likely N-dealkylation sites (tertiary alicyclic amines) is 1. The van der Waals surface area contributed by atoms with Gasteiger partial charge in [0, 0.05) is 11.2 Å². The first-order valence-corrected chi connectivity index (χ1v) is 10.5. The van der Waals surface area contributed by atoms with Crippen molar-refractivity contribution in [3.05, 3.63) is 94.3 Å². The van der Waals surface area contributed by atoms with E-state index in [4.69, 9.17) is 21.1 Å². The van der Waals surface area contributed by atoms with Crippen LogP contribution in [0.25, 0.3) is 5.76 Å². The fraction of sp³-hybridized carbons (Fsp3) is 0.160. The highest BCUT2D eigenvalue weighted by Gasteiger charge is 2.46. The molecule has 1 fully saturated rings. The van der Waals surface area contributed by atoms with Gasteiger partial charge in [-0.05, 0) is 48.0 Å². The van der Waals surface area contributed by atoms with E-state index >= 15 is 0 Å². The predicted molar refractivity (Wildman–Crippen MR) is 123 cm³/mol. The van der Waals surface area contributed by atoms with Gasteiger partial charge in [0.1, 0.15) is 17.3 Å². The van der Waals surface area contributed by atoms with Crippen molar-refractivity contribution in [1.29, 1.82) is 0 Å². The Balaban J connectivity index is 1.91. The molecule has 0 aliphatic carbocycles. The van der Waals surface area contributed by atoms with Crippen molar-refractivity contribution in [3.8, 4) is 11.5 Å². The summed E-state index contributed by atoms with van der Waals surface area (Å²) >= 11 is 6.06. The van der Waals surface area contributed by atoms with Crippen LogP contribution in [0.15, 0.2) is 72.4 Å². The van der Waals surface area contributed by atoms with E-state index in [0.717, 1.165) is 0 Å². The summed E-state index contributed by atoms with van der Waals surface area (Å²) in [6.07, 6.45) is 1.62. The molecule has 2 heterocycles. The Hall–Kier alpha value is -3.84. The number of methoxy groups -OCH3 is 2. The number of ketones is 1. The topological polar surface area (TPSA) is 89.0 Å². The van der Waals surface area contributed by atoms with E-state index in [1.54, 1.807) is 66.9 Å². The molecule has 2 aromatic carbocycles. The number of aliphatic hydroxyl groups is 1. The molecule has 168 valence electrons. The molecule has 1 atom stereocenters. The number of halogens is 1. The van der Waals surface area contributed by atoms with Gasteiger partial charge < -0.3 is 19.5 Å². The summed E-state index contributed by atoms with van der Waals surface area (Å²) in [5.41, 5.74) is 1.42. The third-order valence-electron chi connectivity index (χ3n) is 5.45. The van der Waals surface area contributed by atoms with Crippen LogP contribution in [0, 0.1) is 0 Å². The lowest BCUT2D eigenvalue weighted by molar-refractivity contribution is -0.140. The van der Waals surface area contributed by atoms with E-state index in [1.807, 2.05) is 0 Å². The number of Topliss-reactive ketones (excluding diaryl/α,β-unsaturated/α-hetero) is 1. The maximum Gasteiger partial charge on any atom is 0.296 e. The lowest BCUT2D eigenvalue weighted by atomic mass is 9.95. The van der Waals surface area contributed by atoms with Crippen LogP contribution >= 0.6 is 11.6 Å². The number of carbonyl (C=O) groups is 2. The van der Waals surface area contributed by atoms with Gasteiger partial charge in [0.2, 0.25) is 0 Å². The van der Waals surface area contributed by atoms with Crippen LogP contribution in [0.2, 0.25) is 5.02 Å². The van der Waals surface area contributed by atoms with Crippen molar-refractivity contribution in [2.45, 2.75) is 12.6 Å². The normalized spacial score (nSPS) is 17.3. The van der Waals surface area contributed by atoms with Gasteiger partial charge in [-0.3, -0.25) is 14.6 Å². The summed E-state index contributed by atoms with van der Waals surface area (Å²) in [7, 11) is 2.94. The minimum Gasteiger partial charge on any atom is -0.507 e. The fourth-order valence-electron chi connectivity index (χ4n) is 3.85. The lowest BCUT2D eigenvalue weighted by Gasteiger charge is -2.25. The minimum atomic E-state index is -0.847. The number of aromatic nitrogens is 1. The Labute approximate surface area is 195 Å². The minimum absolute atomic E-state index is 0.0511. The first-order chi connectivity index (χ1) is 15.9. The van der Waals surface area contributed by atoms with Gasteiger partial charge >= 0.3 is 0 Å². The highest BCUT2D eigenvalue weighted by atomic mass is 35.5. The molecule has 1 saturated heterocycles. The number of hydrogen-bond donors (Lipinski definition) is 1. The van der Waals surface area contributed by atoms with Gasteiger partial charge in [0.25, 0.3) is 11.7 Å². The van der Waals surface area contributed by atoms with E-state index in [2.05, 4.69) is 4.98 Å². The van der Waals surface area contributed by atoms with Gasteiger partial charge in [0.05, 0.1) is 43.6 Å². The molecule has 1 amide bonds. The number of aliphatic hydroxyl groups excluding tert-OH is 1. The molecule has 0 bridgehead atoms. The third kappa shape index (κ3) is 4.27. The number of carbonyl (C=O) groups excluding carboxylic acids is 2. The Bertz CT molecular complexity index is 1230. The molecule has 8 heteroatoms. The summed E-state index contributed by atoms with van der Waals surface area (Å²) in [5, 5.41) is 11.8. The number of benzene rings is 2. The molecule has 1 aliphatic heterocycles. The monoisotopic (exact) mass is 464 g/mol. The van der Waals surface area contributed by atoms with E-state index < -0.39 is 17.7 Å². The molecule has 0 spiro atoms. The summed E-state index contributed by atoms with van der Waals surface area (Å²) in [5.74, 6) is -1.09. The number of hydrogen-bond acceptors (Lipinski definition) is 6. The van der Waals surface area contributed by atoms with E-state index in [1.165, 1.54) is 19.1 Å². The Morgan fingerprint density at radius 1 is 1.06 bits per heavy atom. The van der Waals surface area contributed by atoms with Crippen LogP contribution in [0.4, 0.5) is 0 Å². The zero-order chi connectivity index (χ0) is 23.5. The quantitative estimate of drug-likeness (QED) is 0.331. The van der Waals surface area contributed by atoms with Crippen LogP contribution in [0.3, 0.4) is 0 Å². The summed E-state index contributed by atoms with van der Waals surface area (Å²) in [6, 6.07) is 16.1. The smallest absolute Gasteiger partial charge is 0.296 e. The molecule has 1 unspecified atom stereocenters. The molecule has 1 aliphatic rings. The second kappa shape index (κ2) is 9.34. The van der Waals surface area contributed by atoms with E-state index in [9.17, 15) is 14.7 Å². The number of rotatable bonds is 6. The van der Waals surface area contributed by atoms with Crippen molar-refractivity contribution >= 4 is 29.1 Å². The SMILES string of the molecule is COc1ccc(OC)c(/C(O)=C2\C(=O)C(=O)N(Cc3ccccn3)C2c2ccc(Cl)cc2)c1. The van der Waals surface area contributed by atoms with Crippen molar-refractivity contribution in [2.24, 2.45) is 0 Å². The third-order valence-corrected chi connectivity index (χ3v) is 5.70. The van der Waals surface area contributed by atoms with Crippen molar-refractivity contribution in [2.75, 3.05) is 14.2 Å². The van der Waals surface area contributed by atoms with Gasteiger partial charge in [-0.15, -0.1) is 0 Å². The molecular weight excluding hydrogens is 444 g/mol. The predicted octanol–water partition coefficient (Wildman–Crippen LogP) is 4.37. The van der Waals surface area contributed by atoms with Crippen molar-refractivity contribution in [3.63, 3.8) is 0 Å². The Morgan fingerprint density at radius 3 is 2.45 bits per heavy atom. The van der Waals surface area contributed by atoms with Crippen LogP contribution in [-0.2, 0) is 16.1 Å². The number of ether oxygens (including phenoxy) is 2. The van der Waals surface area contributed by atoms with Crippen LogP contribution < -0.4 is 9.47 Å². The van der Waals surface area contributed by atoms with Gasteiger partial charge in [-0.25, -0.2) is 0 Å². The molecule has 3 aromatic rings. The van der Waals surface area contributed by atoms with Gasteiger partial charge in [0.15, 0.2) is 0 Å². The molecular formula is C25H21ClN2O5. The first kappa shape index (κ1) is 22.4. The molecule has 4 rings (SSSR count). The van der Waals surface area contributed by atoms with E-state index in [-0.39, 0.29) is 23.4 Å². The average Bonchev–Trinajstić information content (AvgIpc) is 3.09. The fourth-order valence-corrected chi connectivity index (χ4v) is 3.97. The van der Waals surface area contributed by atoms with Crippen LogP contribution in [0.1, 0.15) is 22.9 Å². The Kier molecular flexibility index (Phi) is 6.33. The largest absolute Gasteiger partial charge is 0.507 e. The molecule has 33 heavy (non-hydrogen) atoms. The summed E-state index contributed by atoms with van der Waals surface area (Å²) in [6.45, 7) is 0.0880. The zero-order valence-electron chi connectivity index (χ0n) is 18.0. The first-order valence-electron chi connectivity index (χ1n) is 10.1. The second-order valence-corrected chi connectivity index (χ2v) is 7.80. The molecule has 1 N–H and O–H groups in total. The maximum atomic E-state index is 13.2. The molecule has 7 nitrogen and oxygen atoms in total. The molecule has 1 aromatic heterocycles. The number of pyridine rings is 1. The maximum absolute atomic E-state index is 13.2. The zero-order valence-corrected chi connectivity index (χ0v) is 18.7. The summed E-state index contributed by atoms with van der Waals surface area (Å²) < 4.78 is 10.6. The van der Waals surface area contributed by atoms with Gasteiger partial charge in [-0.2, -0.15) is 0 Å². The lowest BCUT2D eigenvalue weighted by Crippen LogP contribution is -2.29. The number of amides is 1. The van der Waals surface area contributed by atoms with Crippen LogP contribution in [0.5, 0.6) is 11.5 Å². The second-order valence-electron chi connectivity index (χ2n) is 7.37. The van der Waals surface area contributed by atoms with E-state index in [0.29, 0.717) is 27.8 Å².